The van der Waals surface area contributed by atoms with Crippen LogP contribution in [0, 0.1) is 5.82 Å². The predicted molar refractivity (Wildman–Crippen MR) is 111 cm³/mol. The van der Waals surface area contributed by atoms with E-state index in [1.807, 2.05) is 19.9 Å². The van der Waals surface area contributed by atoms with Gasteiger partial charge in [-0.25, -0.2) is 9.37 Å². The summed E-state index contributed by atoms with van der Waals surface area (Å²) in [5.41, 5.74) is 0.999. The van der Waals surface area contributed by atoms with Crippen LogP contribution in [0.25, 0.3) is 22.2 Å². The van der Waals surface area contributed by atoms with E-state index in [2.05, 4.69) is 9.97 Å². The lowest BCUT2D eigenvalue weighted by Gasteiger charge is -2.25. The van der Waals surface area contributed by atoms with Crippen LogP contribution < -0.4 is 5.56 Å². The Bertz CT molecular complexity index is 1260. The van der Waals surface area contributed by atoms with Crippen LogP contribution in [-0.2, 0) is 6.54 Å². The fraction of sp³-hybridized carbons (Fsp3) is 0.174. The maximum Gasteiger partial charge on any atom is 0.290 e. The maximum atomic E-state index is 13.1. The summed E-state index contributed by atoms with van der Waals surface area (Å²) in [6.07, 6.45) is 0. The Morgan fingerprint density at radius 1 is 1.10 bits per heavy atom. The molecule has 4 aromatic rings. The van der Waals surface area contributed by atoms with Crippen molar-refractivity contribution in [1.82, 2.24) is 14.9 Å². The lowest BCUT2D eigenvalue weighted by Crippen LogP contribution is -2.37. The SMILES string of the molecule is CC(C)N(Cc1nc2ccccc2c(=O)[nH]1)C(=O)c1ccc(-c2ccc(F)cc2)o1. The zero-order valence-electron chi connectivity index (χ0n) is 16.6. The van der Waals surface area contributed by atoms with Crippen LogP contribution >= 0.6 is 0 Å². The standard InChI is InChI=1S/C23H20FN3O3/c1-14(2)27(13-21-25-18-6-4-3-5-17(18)22(28)26-21)23(29)20-12-11-19(30-20)15-7-9-16(24)10-8-15/h3-12,14H,13H2,1-2H3,(H,25,26,28). The number of H-pyrrole nitrogens is 1. The van der Waals surface area contributed by atoms with Crippen molar-refractivity contribution in [1.29, 1.82) is 0 Å². The summed E-state index contributed by atoms with van der Waals surface area (Å²) < 4.78 is 18.9. The minimum atomic E-state index is -0.343. The number of hydrogen-bond acceptors (Lipinski definition) is 4. The molecule has 0 bridgehead atoms. The first-order valence-corrected chi connectivity index (χ1v) is 9.57. The number of amides is 1. The number of furan rings is 1. The average Bonchev–Trinajstić information content (AvgIpc) is 3.22. The first-order valence-electron chi connectivity index (χ1n) is 9.57. The van der Waals surface area contributed by atoms with Crippen molar-refractivity contribution in [2.75, 3.05) is 0 Å². The Hall–Kier alpha value is -3.74. The third-order valence-corrected chi connectivity index (χ3v) is 4.81. The Morgan fingerprint density at radius 2 is 1.83 bits per heavy atom. The molecule has 0 aliphatic carbocycles. The van der Waals surface area contributed by atoms with Gasteiger partial charge in [-0.3, -0.25) is 9.59 Å². The highest BCUT2D eigenvalue weighted by Crippen LogP contribution is 2.24. The van der Waals surface area contributed by atoms with Crippen molar-refractivity contribution < 1.29 is 13.6 Å². The second-order valence-electron chi connectivity index (χ2n) is 7.23. The number of fused-ring (bicyclic) bond motifs is 1. The van der Waals surface area contributed by atoms with E-state index < -0.39 is 0 Å². The molecule has 2 heterocycles. The number of nitrogens with zero attached hydrogens (tertiary/aromatic N) is 2. The quantitative estimate of drug-likeness (QED) is 0.535. The largest absolute Gasteiger partial charge is 0.451 e. The lowest BCUT2D eigenvalue weighted by molar-refractivity contribution is 0.0653. The second-order valence-corrected chi connectivity index (χ2v) is 7.23. The van der Waals surface area contributed by atoms with E-state index in [1.54, 1.807) is 47.4 Å². The molecule has 0 aliphatic heterocycles. The first kappa shape index (κ1) is 19.6. The van der Waals surface area contributed by atoms with E-state index in [0.717, 1.165) is 0 Å². The molecule has 0 radical (unpaired) electrons. The van der Waals surface area contributed by atoms with Crippen LogP contribution in [0.15, 0.2) is 69.9 Å². The van der Waals surface area contributed by atoms with Crippen LogP contribution in [0.1, 0.15) is 30.2 Å². The zero-order valence-corrected chi connectivity index (χ0v) is 16.6. The highest BCUT2D eigenvalue weighted by Gasteiger charge is 2.23. The summed E-state index contributed by atoms with van der Waals surface area (Å²) in [6, 6.07) is 16.0. The van der Waals surface area contributed by atoms with E-state index in [1.165, 1.54) is 12.1 Å². The van der Waals surface area contributed by atoms with Gasteiger partial charge in [-0.05, 0) is 62.4 Å². The molecular weight excluding hydrogens is 385 g/mol. The molecule has 0 aliphatic rings. The molecule has 0 fully saturated rings. The highest BCUT2D eigenvalue weighted by atomic mass is 19.1. The maximum absolute atomic E-state index is 13.1. The number of carbonyl (C=O) groups excluding carboxylic acids is 1. The number of benzene rings is 2. The van der Waals surface area contributed by atoms with Gasteiger partial charge in [-0.15, -0.1) is 0 Å². The van der Waals surface area contributed by atoms with Gasteiger partial charge in [0.1, 0.15) is 17.4 Å². The van der Waals surface area contributed by atoms with Gasteiger partial charge in [0.25, 0.3) is 11.5 Å². The number of rotatable bonds is 5. The smallest absolute Gasteiger partial charge is 0.290 e. The number of aromatic amines is 1. The predicted octanol–water partition coefficient (Wildman–Crippen LogP) is 4.37. The number of nitrogens with one attached hydrogen (secondary N) is 1. The molecule has 4 rings (SSSR count). The Kier molecular flexibility index (Phi) is 5.18. The Labute approximate surface area is 172 Å². The summed E-state index contributed by atoms with van der Waals surface area (Å²) in [4.78, 5) is 34.2. The normalized spacial score (nSPS) is 11.2. The van der Waals surface area contributed by atoms with Crippen molar-refractivity contribution in [3.63, 3.8) is 0 Å². The second kappa shape index (κ2) is 7.94. The van der Waals surface area contributed by atoms with Crippen molar-refractivity contribution in [3.8, 4) is 11.3 Å². The summed E-state index contributed by atoms with van der Waals surface area (Å²) in [5, 5.41) is 0.499. The van der Waals surface area contributed by atoms with Crippen molar-refractivity contribution in [2.24, 2.45) is 0 Å². The molecular formula is C23H20FN3O3. The van der Waals surface area contributed by atoms with E-state index in [4.69, 9.17) is 4.42 Å². The summed E-state index contributed by atoms with van der Waals surface area (Å²) in [6.45, 7) is 3.88. The third-order valence-electron chi connectivity index (χ3n) is 4.81. The van der Waals surface area contributed by atoms with E-state index in [9.17, 15) is 14.0 Å². The van der Waals surface area contributed by atoms with Crippen LogP contribution in [-0.4, -0.2) is 26.8 Å². The van der Waals surface area contributed by atoms with Crippen molar-refractivity contribution in [3.05, 3.63) is 88.4 Å². The number of para-hydroxylation sites is 1. The molecule has 2 aromatic heterocycles. The van der Waals surface area contributed by atoms with Crippen LogP contribution in [0.4, 0.5) is 4.39 Å². The van der Waals surface area contributed by atoms with Gasteiger partial charge in [0.2, 0.25) is 0 Å². The fourth-order valence-electron chi connectivity index (χ4n) is 3.22. The molecule has 6 nitrogen and oxygen atoms in total. The van der Waals surface area contributed by atoms with Gasteiger partial charge in [0.05, 0.1) is 17.4 Å². The number of aromatic nitrogens is 2. The summed E-state index contributed by atoms with van der Waals surface area (Å²) in [7, 11) is 0. The molecule has 0 saturated heterocycles. The van der Waals surface area contributed by atoms with Gasteiger partial charge < -0.3 is 14.3 Å². The molecule has 1 N–H and O–H groups in total. The average molecular weight is 405 g/mol. The minimum Gasteiger partial charge on any atom is -0.451 e. The highest BCUT2D eigenvalue weighted by molar-refractivity contribution is 5.92. The van der Waals surface area contributed by atoms with Crippen LogP contribution in [0.5, 0.6) is 0 Å². The van der Waals surface area contributed by atoms with Gasteiger partial charge in [-0.1, -0.05) is 12.1 Å². The van der Waals surface area contributed by atoms with Gasteiger partial charge >= 0.3 is 0 Å². The number of hydrogen-bond donors (Lipinski definition) is 1. The monoisotopic (exact) mass is 405 g/mol. The van der Waals surface area contributed by atoms with Gasteiger partial charge in [-0.2, -0.15) is 0 Å². The van der Waals surface area contributed by atoms with Crippen molar-refractivity contribution >= 4 is 16.8 Å². The summed E-state index contributed by atoms with van der Waals surface area (Å²) >= 11 is 0. The molecule has 30 heavy (non-hydrogen) atoms. The van der Waals surface area contributed by atoms with E-state index >= 15 is 0 Å². The molecule has 0 unspecified atom stereocenters. The Balaban J connectivity index is 1.61. The van der Waals surface area contributed by atoms with E-state index in [0.29, 0.717) is 28.1 Å². The molecule has 2 aromatic carbocycles. The lowest BCUT2D eigenvalue weighted by atomic mass is 10.2. The van der Waals surface area contributed by atoms with Crippen LogP contribution in [0.3, 0.4) is 0 Å². The molecule has 0 saturated carbocycles. The zero-order chi connectivity index (χ0) is 21.3. The molecule has 7 heteroatoms. The fourth-order valence-corrected chi connectivity index (χ4v) is 3.22. The molecule has 0 spiro atoms. The first-order chi connectivity index (χ1) is 14.4. The summed E-state index contributed by atoms with van der Waals surface area (Å²) in [5.74, 6) is 0.357. The van der Waals surface area contributed by atoms with Crippen molar-refractivity contribution in [2.45, 2.75) is 26.4 Å². The minimum absolute atomic E-state index is 0.128. The van der Waals surface area contributed by atoms with Crippen LogP contribution in [0.2, 0.25) is 0 Å². The number of carbonyl (C=O) groups is 1. The van der Waals surface area contributed by atoms with E-state index in [-0.39, 0.29) is 35.6 Å². The molecule has 0 atom stereocenters. The molecule has 152 valence electrons. The number of halogens is 1. The van der Waals surface area contributed by atoms with Gasteiger partial charge in [0.15, 0.2) is 5.76 Å². The topological polar surface area (TPSA) is 79.2 Å². The third kappa shape index (κ3) is 3.87. The van der Waals surface area contributed by atoms with Gasteiger partial charge in [0, 0.05) is 11.6 Å². The Morgan fingerprint density at radius 3 is 2.57 bits per heavy atom. The molecule has 1 amide bonds.